The first kappa shape index (κ1) is 13.7. The number of carbonyl (C=O) groups excluding carboxylic acids is 2. The first-order chi connectivity index (χ1) is 11.1. The molecule has 0 N–H and O–H groups in total. The highest BCUT2D eigenvalue weighted by Gasteiger charge is 2.16. The van der Waals surface area contributed by atoms with Crippen LogP contribution in [0.5, 0.6) is 0 Å². The Morgan fingerprint density at radius 1 is 1.00 bits per heavy atom. The molecule has 0 amide bonds. The average Bonchev–Trinajstić information content (AvgIpc) is 2.75. The van der Waals surface area contributed by atoms with E-state index in [1.165, 1.54) is 6.92 Å². The standard InChI is InChI=1S/C21H14O2/c1-13(22)12-19(23)17-10-8-16-7-6-14-4-2-3-5-15-9-11-18(17)21(16)20(14)15/h3-11H,12H2,1H3. The lowest BCUT2D eigenvalue weighted by Gasteiger charge is -2.12. The first-order valence-electron chi connectivity index (χ1n) is 7.59. The van der Waals surface area contributed by atoms with Crippen molar-refractivity contribution in [2.75, 3.05) is 0 Å². The summed E-state index contributed by atoms with van der Waals surface area (Å²) in [5, 5.41) is 5.36. The van der Waals surface area contributed by atoms with Gasteiger partial charge in [0.2, 0.25) is 0 Å². The van der Waals surface area contributed by atoms with Crippen LogP contribution in [-0.4, -0.2) is 11.6 Å². The Morgan fingerprint density at radius 3 is 2.65 bits per heavy atom. The fraction of sp³-hybridized carbons (Fsp3) is 0.0952. The minimum Gasteiger partial charge on any atom is -0.300 e. The fourth-order valence-corrected chi connectivity index (χ4v) is 3.30. The van der Waals surface area contributed by atoms with E-state index in [1.54, 1.807) is 0 Å². The van der Waals surface area contributed by atoms with Crippen LogP contribution < -0.4 is 5.22 Å². The Labute approximate surface area is 133 Å². The van der Waals surface area contributed by atoms with Gasteiger partial charge in [-0.2, -0.15) is 0 Å². The molecule has 0 fully saturated rings. The van der Waals surface area contributed by atoms with E-state index in [1.807, 2.05) is 42.5 Å². The molecule has 4 rings (SSSR count). The normalized spacial score (nSPS) is 12.4. The van der Waals surface area contributed by atoms with Gasteiger partial charge in [-0.1, -0.05) is 36.4 Å². The molecule has 0 atom stereocenters. The van der Waals surface area contributed by atoms with Gasteiger partial charge in [-0.3, -0.25) is 9.59 Å². The van der Waals surface area contributed by atoms with Gasteiger partial charge < -0.3 is 0 Å². The number of carbonyl (C=O) groups is 2. The predicted octanol–water partition coefficient (Wildman–Crippen LogP) is 3.84. The summed E-state index contributed by atoms with van der Waals surface area (Å²) in [6.45, 7) is 1.45. The van der Waals surface area contributed by atoms with Crippen LogP contribution >= 0.6 is 0 Å². The van der Waals surface area contributed by atoms with Crippen LogP contribution in [0.1, 0.15) is 29.3 Å². The third-order valence-corrected chi connectivity index (χ3v) is 4.28. The van der Waals surface area contributed by atoms with Gasteiger partial charge in [-0.05, 0) is 57.5 Å². The van der Waals surface area contributed by atoms with Gasteiger partial charge in [-0.25, -0.2) is 0 Å². The molecule has 2 heteroatoms. The lowest BCUT2D eigenvalue weighted by molar-refractivity contribution is -0.116. The molecule has 0 saturated heterocycles. The monoisotopic (exact) mass is 298 g/mol. The average molecular weight is 298 g/mol. The third-order valence-electron chi connectivity index (χ3n) is 4.28. The van der Waals surface area contributed by atoms with Crippen molar-refractivity contribution in [2.24, 2.45) is 0 Å². The smallest absolute Gasteiger partial charge is 0.170 e. The maximum absolute atomic E-state index is 12.4. The van der Waals surface area contributed by atoms with Gasteiger partial charge in [0, 0.05) is 5.56 Å². The summed E-state index contributed by atoms with van der Waals surface area (Å²) in [7, 11) is 0. The molecule has 0 radical (unpaired) electrons. The number of Topliss-reactive ketones (excluding diaryl/α,β-unsaturated/α-hetero) is 2. The minimum absolute atomic E-state index is 0.0501. The third kappa shape index (κ3) is 2.12. The van der Waals surface area contributed by atoms with Gasteiger partial charge in [0.1, 0.15) is 5.78 Å². The summed E-state index contributed by atoms with van der Waals surface area (Å²) < 4.78 is 0. The second-order valence-corrected chi connectivity index (χ2v) is 5.89. The zero-order chi connectivity index (χ0) is 16.0. The van der Waals surface area contributed by atoms with E-state index in [-0.39, 0.29) is 18.0 Å². The summed E-state index contributed by atoms with van der Waals surface area (Å²) in [5.41, 5.74) is 4.87. The molecule has 0 spiro atoms. The van der Waals surface area contributed by atoms with E-state index in [0.717, 1.165) is 32.3 Å². The maximum atomic E-state index is 12.4. The van der Waals surface area contributed by atoms with Gasteiger partial charge in [0.25, 0.3) is 0 Å². The van der Waals surface area contributed by atoms with Crippen LogP contribution in [-0.2, 0) is 4.79 Å². The van der Waals surface area contributed by atoms with E-state index in [4.69, 9.17) is 0 Å². The molecule has 0 aliphatic heterocycles. The summed E-state index contributed by atoms with van der Waals surface area (Å²) >= 11 is 0. The first-order valence-corrected chi connectivity index (χ1v) is 7.59. The summed E-state index contributed by atoms with van der Waals surface area (Å²) in [6, 6.07) is 12.0. The van der Waals surface area contributed by atoms with E-state index in [0.29, 0.717) is 5.56 Å². The van der Waals surface area contributed by atoms with Gasteiger partial charge in [0.05, 0.1) is 6.42 Å². The van der Waals surface area contributed by atoms with Crippen molar-refractivity contribution in [2.45, 2.75) is 13.3 Å². The van der Waals surface area contributed by atoms with Gasteiger partial charge >= 0.3 is 0 Å². The number of hydrogen-bond acceptors (Lipinski definition) is 2. The number of allylic oxidation sites excluding steroid dienone is 1. The Bertz CT molecular complexity index is 1110. The van der Waals surface area contributed by atoms with Crippen LogP contribution in [0.4, 0.5) is 0 Å². The lowest BCUT2D eigenvalue weighted by atomic mass is 9.91. The Morgan fingerprint density at radius 2 is 1.83 bits per heavy atom. The van der Waals surface area contributed by atoms with Crippen LogP contribution in [0.2, 0.25) is 0 Å². The zero-order valence-corrected chi connectivity index (χ0v) is 12.7. The molecule has 2 nitrogen and oxygen atoms in total. The molecule has 23 heavy (non-hydrogen) atoms. The highest BCUT2D eigenvalue weighted by Crippen LogP contribution is 2.31. The van der Waals surface area contributed by atoms with Crippen LogP contribution in [0, 0.1) is 0 Å². The molecule has 0 unspecified atom stereocenters. The van der Waals surface area contributed by atoms with Crippen molar-refractivity contribution < 1.29 is 9.59 Å². The topological polar surface area (TPSA) is 34.1 Å². The molecule has 1 aliphatic carbocycles. The molecule has 1 aliphatic rings. The largest absolute Gasteiger partial charge is 0.300 e. The van der Waals surface area contributed by atoms with Crippen molar-refractivity contribution in [1.82, 2.24) is 0 Å². The van der Waals surface area contributed by atoms with Gasteiger partial charge in [0.15, 0.2) is 5.78 Å². The Balaban J connectivity index is 2.13. The second kappa shape index (κ2) is 5.05. The number of hydrogen-bond donors (Lipinski definition) is 0. The number of ketones is 2. The van der Waals surface area contributed by atoms with Crippen molar-refractivity contribution in [1.29, 1.82) is 0 Å². The zero-order valence-electron chi connectivity index (χ0n) is 12.7. The molecule has 3 aromatic rings. The van der Waals surface area contributed by atoms with Crippen molar-refractivity contribution >= 4 is 45.3 Å². The van der Waals surface area contributed by atoms with Crippen LogP contribution in [0.25, 0.3) is 33.7 Å². The number of benzene rings is 3. The number of rotatable bonds is 3. The van der Waals surface area contributed by atoms with E-state index < -0.39 is 0 Å². The quantitative estimate of drug-likeness (QED) is 0.418. The molecule has 0 saturated carbocycles. The molecule has 110 valence electrons. The minimum atomic E-state index is -0.119. The lowest BCUT2D eigenvalue weighted by Crippen LogP contribution is -2.08. The predicted molar refractivity (Wildman–Crippen MR) is 93.3 cm³/mol. The summed E-state index contributed by atoms with van der Waals surface area (Å²) in [6.07, 6.45) is 5.85. The van der Waals surface area contributed by atoms with E-state index in [9.17, 15) is 9.59 Å². The molecule has 3 aromatic carbocycles. The van der Waals surface area contributed by atoms with Gasteiger partial charge in [-0.15, -0.1) is 5.73 Å². The SMILES string of the molecule is CC(=O)CC(=O)c1ccc2ccc3c4c(ccc1c24)=CC=C=C3. The fourth-order valence-electron chi connectivity index (χ4n) is 3.30. The molecule has 0 heterocycles. The van der Waals surface area contributed by atoms with Crippen molar-refractivity contribution in [3.05, 3.63) is 64.6 Å². The Kier molecular flexibility index (Phi) is 3.00. The van der Waals surface area contributed by atoms with Crippen molar-refractivity contribution in [3.63, 3.8) is 0 Å². The Hall–Kier alpha value is -2.96. The summed E-state index contributed by atoms with van der Waals surface area (Å²) in [4.78, 5) is 23.7. The highest BCUT2D eigenvalue weighted by molar-refractivity contribution is 6.21. The summed E-state index contributed by atoms with van der Waals surface area (Å²) in [5.74, 6) is -0.229. The van der Waals surface area contributed by atoms with E-state index in [2.05, 4.69) is 17.9 Å². The van der Waals surface area contributed by atoms with Crippen LogP contribution in [0.15, 0.2) is 48.2 Å². The second-order valence-electron chi connectivity index (χ2n) is 5.89. The van der Waals surface area contributed by atoms with E-state index >= 15 is 0 Å². The van der Waals surface area contributed by atoms with Crippen LogP contribution in [0.3, 0.4) is 0 Å². The highest BCUT2D eigenvalue weighted by atomic mass is 16.1. The maximum Gasteiger partial charge on any atom is 0.170 e. The van der Waals surface area contributed by atoms with Crippen molar-refractivity contribution in [3.8, 4) is 0 Å². The molecule has 0 bridgehead atoms. The molecule has 0 aromatic heterocycles. The molecular weight excluding hydrogens is 284 g/mol. The molecular formula is C21H14O2.